The molecule has 0 aliphatic carbocycles. The molecule has 17 heavy (non-hydrogen) atoms. The van der Waals surface area contributed by atoms with Gasteiger partial charge in [0.05, 0.1) is 13.2 Å². The average Bonchev–Trinajstić information content (AvgIpc) is 2.35. The van der Waals surface area contributed by atoms with Crippen molar-refractivity contribution in [3.05, 3.63) is 20.8 Å². The van der Waals surface area contributed by atoms with Crippen LogP contribution in [0.3, 0.4) is 0 Å². The third kappa shape index (κ3) is 2.37. The highest BCUT2D eigenvalue weighted by Crippen LogP contribution is 1.98. The summed E-state index contributed by atoms with van der Waals surface area (Å²) < 4.78 is 7.35. The van der Waals surface area contributed by atoms with Gasteiger partial charge in [-0.25, -0.2) is 14.5 Å². The molecule has 1 aromatic rings. The Hall–Kier alpha value is -1.67. The fourth-order valence-electron chi connectivity index (χ4n) is 1.59. The molecule has 0 unspecified atom stereocenters. The Labute approximate surface area is 97.4 Å². The molecule has 1 aliphatic rings. The second-order valence-corrected chi connectivity index (χ2v) is 3.83. The summed E-state index contributed by atoms with van der Waals surface area (Å²) in [7, 11) is 2.93. The molecule has 2 heterocycles. The molecule has 8 heteroatoms. The molecule has 1 saturated heterocycles. The Morgan fingerprint density at radius 3 is 2.53 bits per heavy atom. The number of hydrogen-bond acceptors (Lipinski definition) is 6. The monoisotopic (exact) mass is 241 g/mol. The van der Waals surface area contributed by atoms with E-state index in [0.29, 0.717) is 26.3 Å². The van der Waals surface area contributed by atoms with Crippen LogP contribution >= 0.6 is 0 Å². The first-order valence-corrected chi connectivity index (χ1v) is 5.33. The van der Waals surface area contributed by atoms with Crippen LogP contribution in [0.1, 0.15) is 0 Å². The van der Waals surface area contributed by atoms with Crippen molar-refractivity contribution in [2.75, 3.05) is 31.7 Å². The second kappa shape index (κ2) is 4.68. The minimum atomic E-state index is -0.442. The molecule has 0 spiro atoms. The van der Waals surface area contributed by atoms with Crippen LogP contribution in [0.4, 0.5) is 5.82 Å². The van der Waals surface area contributed by atoms with Gasteiger partial charge in [0, 0.05) is 27.2 Å². The van der Waals surface area contributed by atoms with Gasteiger partial charge in [0.2, 0.25) is 5.82 Å². The summed E-state index contributed by atoms with van der Waals surface area (Å²) in [5.74, 6) is 0.150. The van der Waals surface area contributed by atoms with Crippen LogP contribution < -0.4 is 16.7 Å². The van der Waals surface area contributed by atoms with Crippen molar-refractivity contribution in [2.24, 2.45) is 14.1 Å². The normalized spacial score (nSPS) is 17.1. The van der Waals surface area contributed by atoms with Gasteiger partial charge in [-0.1, -0.05) is 0 Å². The molecule has 0 saturated carbocycles. The highest BCUT2D eigenvalue weighted by Gasteiger charge is 2.14. The molecule has 0 radical (unpaired) electrons. The van der Waals surface area contributed by atoms with Crippen LogP contribution in [0.5, 0.6) is 0 Å². The topological polar surface area (TPSA) is 81.4 Å². The van der Waals surface area contributed by atoms with Gasteiger partial charge >= 0.3 is 5.69 Å². The minimum Gasteiger partial charge on any atom is -0.379 e. The number of nitrogens with zero attached hydrogens (tertiary/aromatic N) is 4. The molecule has 94 valence electrons. The van der Waals surface area contributed by atoms with Crippen LogP contribution in [0.25, 0.3) is 0 Å². The highest BCUT2D eigenvalue weighted by atomic mass is 16.5. The fourth-order valence-corrected chi connectivity index (χ4v) is 1.59. The van der Waals surface area contributed by atoms with Gasteiger partial charge in [-0.2, -0.15) is 0 Å². The first-order chi connectivity index (χ1) is 8.09. The van der Waals surface area contributed by atoms with E-state index in [4.69, 9.17) is 4.74 Å². The summed E-state index contributed by atoms with van der Waals surface area (Å²) in [4.78, 5) is 23.2. The zero-order valence-corrected chi connectivity index (χ0v) is 9.84. The Morgan fingerprint density at radius 2 is 1.88 bits per heavy atom. The molecular formula is C9H15N5O3. The number of morpholine rings is 1. The number of nitrogens with one attached hydrogen (secondary N) is 1. The lowest BCUT2D eigenvalue weighted by Gasteiger charge is -2.27. The van der Waals surface area contributed by atoms with Gasteiger partial charge in [-0.15, -0.1) is 5.10 Å². The van der Waals surface area contributed by atoms with Crippen molar-refractivity contribution in [1.82, 2.24) is 19.4 Å². The van der Waals surface area contributed by atoms with Crippen molar-refractivity contribution in [1.29, 1.82) is 0 Å². The minimum absolute atomic E-state index is 0.150. The number of rotatable bonds is 2. The van der Waals surface area contributed by atoms with Crippen molar-refractivity contribution in [3.8, 4) is 0 Å². The smallest absolute Gasteiger partial charge is 0.346 e. The molecule has 1 aromatic heterocycles. The second-order valence-electron chi connectivity index (χ2n) is 3.83. The molecule has 0 aromatic carbocycles. The van der Waals surface area contributed by atoms with Crippen LogP contribution in [0, 0.1) is 0 Å². The lowest BCUT2D eigenvalue weighted by atomic mass is 10.5. The van der Waals surface area contributed by atoms with E-state index in [1.807, 2.05) is 5.01 Å². The van der Waals surface area contributed by atoms with E-state index in [1.54, 1.807) is 0 Å². The number of ether oxygens (including phenoxy) is 1. The quantitative estimate of drug-likeness (QED) is 0.654. The Kier molecular flexibility index (Phi) is 3.25. The van der Waals surface area contributed by atoms with E-state index in [2.05, 4.69) is 10.5 Å². The maximum absolute atomic E-state index is 11.8. The first kappa shape index (κ1) is 11.8. The summed E-state index contributed by atoms with van der Waals surface area (Å²) in [6, 6.07) is 0. The van der Waals surface area contributed by atoms with E-state index in [-0.39, 0.29) is 5.82 Å². The molecule has 0 atom stereocenters. The van der Waals surface area contributed by atoms with Crippen molar-refractivity contribution in [3.63, 3.8) is 0 Å². The third-order valence-electron chi connectivity index (χ3n) is 2.60. The standard InChI is InChI=1S/C9H15N5O3/c1-12-8(15)7(10-13(2)9(12)16)11-14-3-5-17-6-4-14/h3-6H2,1-2H3,(H,10,11). The lowest BCUT2D eigenvalue weighted by Crippen LogP contribution is -2.45. The summed E-state index contributed by atoms with van der Waals surface area (Å²) in [5.41, 5.74) is 2.03. The molecule has 1 N–H and O–H groups in total. The summed E-state index contributed by atoms with van der Waals surface area (Å²) in [6.45, 7) is 2.57. The Balaban J connectivity index is 2.27. The van der Waals surface area contributed by atoms with E-state index in [0.717, 1.165) is 9.25 Å². The highest BCUT2D eigenvalue weighted by molar-refractivity contribution is 5.27. The van der Waals surface area contributed by atoms with Crippen LogP contribution in [0.2, 0.25) is 0 Å². The van der Waals surface area contributed by atoms with Crippen LogP contribution in [-0.2, 0) is 18.8 Å². The molecule has 0 amide bonds. The molecule has 1 aliphatic heterocycles. The predicted octanol–water partition coefficient (Wildman–Crippen LogP) is -1.86. The summed E-state index contributed by atoms with van der Waals surface area (Å²) >= 11 is 0. The van der Waals surface area contributed by atoms with Gasteiger partial charge in [0.1, 0.15) is 0 Å². The van der Waals surface area contributed by atoms with E-state index >= 15 is 0 Å². The number of aromatic nitrogens is 3. The molecule has 2 rings (SSSR count). The maximum atomic E-state index is 11.8. The van der Waals surface area contributed by atoms with Crippen LogP contribution in [-0.4, -0.2) is 45.7 Å². The van der Waals surface area contributed by atoms with Crippen molar-refractivity contribution >= 4 is 5.82 Å². The number of hydrazine groups is 1. The largest absolute Gasteiger partial charge is 0.379 e. The fraction of sp³-hybridized carbons (Fsp3) is 0.667. The van der Waals surface area contributed by atoms with Gasteiger partial charge in [0.25, 0.3) is 5.56 Å². The molecule has 0 bridgehead atoms. The van der Waals surface area contributed by atoms with Gasteiger partial charge in [0.15, 0.2) is 0 Å². The van der Waals surface area contributed by atoms with E-state index in [9.17, 15) is 9.59 Å². The third-order valence-corrected chi connectivity index (χ3v) is 2.60. The van der Waals surface area contributed by atoms with Gasteiger partial charge < -0.3 is 4.74 Å². The van der Waals surface area contributed by atoms with Gasteiger partial charge in [-0.05, 0) is 0 Å². The average molecular weight is 241 g/mol. The summed E-state index contributed by atoms with van der Waals surface area (Å²) in [5, 5.41) is 5.75. The number of hydrogen-bond donors (Lipinski definition) is 1. The molecule has 8 nitrogen and oxygen atoms in total. The van der Waals surface area contributed by atoms with Crippen molar-refractivity contribution < 1.29 is 4.74 Å². The van der Waals surface area contributed by atoms with E-state index < -0.39 is 11.2 Å². The summed E-state index contributed by atoms with van der Waals surface area (Å²) in [6.07, 6.45) is 0. The van der Waals surface area contributed by atoms with Gasteiger partial charge in [-0.3, -0.25) is 14.8 Å². The zero-order chi connectivity index (χ0) is 12.4. The van der Waals surface area contributed by atoms with Crippen molar-refractivity contribution in [2.45, 2.75) is 0 Å². The number of anilines is 1. The predicted molar refractivity (Wildman–Crippen MR) is 60.7 cm³/mol. The first-order valence-electron chi connectivity index (χ1n) is 5.33. The molecule has 1 fully saturated rings. The lowest BCUT2D eigenvalue weighted by molar-refractivity contribution is 0.0493. The van der Waals surface area contributed by atoms with E-state index in [1.165, 1.54) is 14.1 Å². The SMILES string of the molecule is Cn1nc(NN2CCOCC2)c(=O)n(C)c1=O. The van der Waals surface area contributed by atoms with Crippen LogP contribution in [0.15, 0.2) is 9.59 Å². The Bertz CT molecular complexity index is 514. The number of aryl methyl sites for hydroxylation is 1. The zero-order valence-electron chi connectivity index (χ0n) is 9.84. The maximum Gasteiger partial charge on any atom is 0.346 e. The molecular weight excluding hydrogens is 226 g/mol. The Morgan fingerprint density at radius 1 is 1.24 bits per heavy atom.